The van der Waals surface area contributed by atoms with Gasteiger partial charge in [-0.1, -0.05) is 55.3 Å². The number of carboxylic acids is 1. The van der Waals surface area contributed by atoms with E-state index in [0.29, 0.717) is 19.4 Å². The number of hydrogen-bond donors (Lipinski definition) is 2. The van der Waals surface area contributed by atoms with Crippen LogP contribution in [0.4, 0.5) is 11.4 Å². The summed E-state index contributed by atoms with van der Waals surface area (Å²) in [6.07, 6.45) is 7.80. The highest BCUT2D eigenvalue weighted by Gasteiger charge is 2.28. The van der Waals surface area contributed by atoms with Crippen molar-refractivity contribution in [2.24, 2.45) is 0 Å². The van der Waals surface area contributed by atoms with Gasteiger partial charge in [-0.05, 0) is 49.1 Å². The first-order valence-electron chi connectivity index (χ1n) is 11.7. The summed E-state index contributed by atoms with van der Waals surface area (Å²) in [5.41, 5.74) is 2.87. The number of aliphatic carboxylic acids is 1. The minimum atomic E-state index is -0.759. The number of hydrogen-bond acceptors (Lipinski definition) is 4. The molecule has 1 amide bonds. The van der Waals surface area contributed by atoms with Crippen molar-refractivity contribution < 1.29 is 19.8 Å². The maximum Gasteiger partial charge on any atom is 0.303 e. The van der Waals surface area contributed by atoms with E-state index in [1.807, 2.05) is 72.6 Å². The Morgan fingerprint density at radius 2 is 1.82 bits per heavy atom. The average Bonchev–Trinajstić information content (AvgIpc) is 3.18. The molecule has 0 saturated carbocycles. The Bertz CT molecular complexity index is 944. The molecule has 2 aromatic rings. The molecule has 2 N–H and O–H groups in total. The molecule has 0 spiro atoms. The van der Waals surface area contributed by atoms with Gasteiger partial charge in [-0.15, -0.1) is 0 Å². The number of amides is 1. The number of para-hydroxylation sites is 1. The van der Waals surface area contributed by atoms with Crippen LogP contribution >= 0.6 is 0 Å². The largest absolute Gasteiger partial charge is 0.481 e. The second-order valence-corrected chi connectivity index (χ2v) is 8.57. The van der Waals surface area contributed by atoms with E-state index < -0.39 is 12.1 Å². The number of aliphatic hydroxyl groups excluding tert-OH is 1. The molecule has 1 heterocycles. The maximum absolute atomic E-state index is 12.3. The molecule has 6 heteroatoms. The summed E-state index contributed by atoms with van der Waals surface area (Å²) in [6, 6.07) is 17.9. The van der Waals surface area contributed by atoms with Crippen LogP contribution in [0, 0.1) is 0 Å². The number of likely N-dealkylation sites (tertiary alicyclic amines) is 1. The van der Waals surface area contributed by atoms with Crippen LogP contribution in [-0.4, -0.2) is 46.6 Å². The van der Waals surface area contributed by atoms with Crippen molar-refractivity contribution >= 4 is 23.3 Å². The molecule has 0 aliphatic carbocycles. The third-order valence-corrected chi connectivity index (χ3v) is 6.17. The molecular formula is C27H34N2O4. The Morgan fingerprint density at radius 1 is 1.09 bits per heavy atom. The lowest BCUT2D eigenvalue weighted by atomic mass is 10.1. The Labute approximate surface area is 196 Å². The van der Waals surface area contributed by atoms with E-state index in [0.717, 1.165) is 42.6 Å². The lowest BCUT2D eigenvalue weighted by Crippen LogP contribution is -2.32. The average molecular weight is 451 g/mol. The first-order chi connectivity index (χ1) is 16.0. The van der Waals surface area contributed by atoms with Crippen LogP contribution in [-0.2, 0) is 9.59 Å². The molecule has 1 aliphatic rings. The molecule has 1 unspecified atom stereocenters. The van der Waals surface area contributed by atoms with E-state index in [4.69, 9.17) is 5.11 Å². The fraction of sp³-hybridized carbons (Fsp3) is 0.407. The van der Waals surface area contributed by atoms with Gasteiger partial charge in [-0.3, -0.25) is 9.59 Å². The Balaban J connectivity index is 1.56. The Kier molecular flexibility index (Phi) is 9.07. The maximum atomic E-state index is 12.3. The first-order valence-corrected chi connectivity index (χ1v) is 11.7. The third kappa shape index (κ3) is 7.19. The molecule has 1 aliphatic heterocycles. The molecule has 6 nitrogen and oxygen atoms in total. The van der Waals surface area contributed by atoms with Gasteiger partial charge in [0.2, 0.25) is 5.91 Å². The van der Waals surface area contributed by atoms with Gasteiger partial charge in [-0.2, -0.15) is 0 Å². The van der Waals surface area contributed by atoms with Gasteiger partial charge in [0.1, 0.15) is 0 Å². The van der Waals surface area contributed by atoms with E-state index >= 15 is 0 Å². The summed E-state index contributed by atoms with van der Waals surface area (Å²) in [4.78, 5) is 26.9. The molecule has 1 saturated heterocycles. The van der Waals surface area contributed by atoms with Crippen LogP contribution in [0.3, 0.4) is 0 Å². The van der Waals surface area contributed by atoms with Crippen molar-refractivity contribution in [3.8, 4) is 0 Å². The molecule has 176 valence electrons. The van der Waals surface area contributed by atoms with Crippen LogP contribution < -0.4 is 4.90 Å². The van der Waals surface area contributed by atoms with Crippen LogP contribution in [0.2, 0.25) is 0 Å². The zero-order valence-corrected chi connectivity index (χ0v) is 19.3. The van der Waals surface area contributed by atoms with Crippen molar-refractivity contribution in [3.63, 3.8) is 0 Å². The van der Waals surface area contributed by atoms with Crippen molar-refractivity contribution in [3.05, 3.63) is 72.3 Å². The quantitative estimate of drug-likeness (QED) is 0.349. The topological polar surface area (TPSA) is 81.1 Å². The second-order valence-electron chi connectivity index (χ2n) is 8.57. The van der Waals surface area contributed by atoms with Gasteiger partial charge in [-0.25, -0.2) is 0 Å². The first kappa shape index (κ1) is 24.5. The second kappa shape index (κ2) is 12.2. The van der Waals surface area contributed by atoms with Crippen LogP contribution in [0.15, 0.2) is 66.7 Å². The molecule has 0 radical (unpaired) electrons. The van der Waals surface area contributed by atoms with Crippen LogP contribution in [0.25, 0.3) is 0 Å². The number of unbranched alkanes of at least 4 members (excludes halogenated alkanes) is 3. The summed E-state index contributed by atoms with van der Waals surface area (Å²) in [7, 11) is 2.00. The van der Waals surface area contributed by atoms with Gasteiger partial charge >= 0.3 is 5.97 Å². The molecule has 2 aromatic carbocycles. The monoisotopic (exact) mass is 450 g/mol. The molecule has 3 rings (SSSR count). The van der Waals surface area contributed by atoms with E-state index in [2.05, 4.69) is 4.90 Å². The zero-order valence-electron chi connectivity index (χ0n) is 19.3. The Morgan fingerprint density at radius 3 is 2.58 bits per heavy atom. The van der Waals surface area contributed by atoms with Crippen molar-refractivity contribution in [2.75, 3.05) is 18.5 Å². The molecule has 33 heavy (non-hydrogen) atoms. The van der Waals surface area contributed by atoms with Gasteiger partial charge in [0.15, 0.2) is 0 Å². The molecule has 1 fully saturated rings. The number of nitrogens with zero attached hydrogens (tertiary/aromatic N) is 2. The smallest absolute Gasteiger partial charge is 0.303 e. The number of carbonyl (C=O) groups excluding carboxylic acids is 1. The molecule has 2 atom stereocenters. The summed E-state index contributed by atoms with van der Waals surface area (Å²) in [6.45, 7) is 0.675. The highest BCUT2D eigenvalue weighted by molar-refractivity contribution is 5.79. The van der Waals surface area contributed by atoms with Gasteiger partial charge in [0.05, 0.1) is 12.1 Å². The minimum absolute atomic E-state index is 0.00125. The van der Waals surface area contributed by atoms with Crippen LogP contribution in [0.1, 0.15) is 56.6 Å². The van der Waals surface area contributed by atoms with Gasteiger partial charge < -0.3 is 20.0 Å². The number of rotatable bonds is 12. The van der Waals surface area contributed by atoms with E-state index in [1.54, 1.807) is 6.08 Å². The normalized spacial score (nSPS) is 17.0. The van der Waals surface area contributed by atoms with E-state index in [1.165, 1.54) is 0 Å². The Hall–Kier alpha value is -3.12. The highest BCUT2D eigenvalue weighted by atomic mass is 16.4. The number of aliphatic hydroxyl groups is 1. The lowest BCUT2D eigenvalue weighted by Gasteiger charge is -2.23. The van der Waals surface area contributed by atoms with Crippen molar-refractivity contribution in [1.82, 2.24) is 4.90 Å². The molecule has 0 aromatic heterocycles. The molecular weight excluding hydrogens is 416 g/mol. The van der Waals surface area contributed by atoms with Gasteiger partial charge in [0.25, 0.3) is 0 Å². The predicted molar refractivity (Wildman–Crippen MR) is 131 cm³/mol. The third-order valence-electron chi connectivity index (χ3n) is 6.17. The number of carbonyl (C=O) groups is 2. The highest BCUT2D eigenvalue weighted by Crippen LogP contribution is 2.27. The fourth-order valence-corrected chi connectivity index (χ4v) is 4.22. The fourth-order valence-electron chi connectivity index (χ4n) is 4.22. The standard InChI is InChI=1S/C27H34N2O4/c1-28(22-11-5-4-6-12-22)24-13-9-10-21(20-24)25(30)17-15-23-16-18-26(31)29(23)19-8-3-2-7-14-27(32)33/h4-6,9-13,15,17,20,23,25,30H,2-3,7-8,14,16,18-19H2,1H3,(H,32,33)/t23-,25?/m0/s1. The van der Waals surface area contributed by atoms with E-state index in [-0.39, 0.29) is 18.4 Å². The number of carboxylic acid groups (broad SMARTS) is 1. The number of benzene rings is 2. The molecule has 0 bridgehead atoms. The SMILES string of the molecule is CN(c1ccccc1)c1cccc(C(O)C=C[C@H]2CCC(=O)N2CCCCCCC(=O)O)c1. The summed E-state index contributed by atoms with van der Waals surface area (Å²) in [5, 5.41) is 19.5. The van der Waals surface area contributed by atoms with Crippen molar-refractivity contribution in [2.45, 2.75) is 57.1 Å². The number of anilines is 2. The zero-order chi connectivity index (χ0) is 23.6. The lowest BCUT2D eigenvalue weighted by molar-refractivity contribution is -0.137. The minimum Gasteiger partial charge on any atom is -0.481 e. The van der Waals surface area contributed by atoms with E-state index in [9.17, 15) is 14.7 Å². The predicted octanol–water partition coefficient (Wildman–Crippen LogP) is 5.07. The summed E-state index contributed by atoms with van der Waals surface area (Å²) in [5.74, 6) is -0.609. The van der Waals surface area contributed by atoms with Crippen molar-refractivity contribution in [1.29, 1.82) is 0 Å². The van der Waals surface area contributed by atoms with Crippen LogP contribution in [0.5, 0.6) is 0 Å². The van der Waals surface area contributed by atoms with Gasteiger partial charge in [0, 0.05) is 37.8 Å². The summed E-state index contributed by atoms with van der Waals surface area (Å²) >= 11 is 0. The summed E-state index contributed by atoms with van der Waals surface area (Å²) < 4.78 is 0.